The number of rotatable bonds is 19. The van der Waals surface area contributed by atoms with Gasteiger partial charge < -0.3 is 48.2 Å². The van der Waals surface area contributed by atoms with Crippen LogP contribution in [0.2, 0.25) is 0 Å². The summed E-state index contributed by atoms with van der Waals surface area (Å²) in [4.78, 5) is 94.9. The number of aldehydes is 1. The molecule has 20 heteroatoms. The standard InChI is InChI=1S/C28H51N11O9/c1-2-20(19-40)34-23(42)14-33-27(48)21(4-3-5-32-28(30)31)35-24(43)16-37-8-12-38(17-25(44)45)10-6-36(15-22(29)41)7-11-39(13-9-37)18-26(46)47/h19-21H,2-18H2,1H3,(H2,29,41)(H,33,48)(H,34,42)(H,35,43)(H,44,45)(H,46,47)(H4,30,31,32)/t20-,21-/m0/s1. The summed E-state index contributed by atoms with van der Waals surface area (Å²) < 4.78 is 0. The number of nitrogens with zero attached hydrogens (tertiary/aromatic N) is 5. The number of hydrogen-bond donors (Lipinski definition) is 8. The molecule has 0 saturated carbocycles. The summed E-state index contributed by atoms with van der Waals surface area (Å²) in [6, 6.07) is -1.76. The molecule has 48 heavy (non-hydrogen) atoms. The predicted molar refractivity (Wildman–Crippen MR) is 173 cm³/mol. The fourth-order valence-electron chi connectivity index (χ4n) is 4.81. The number of nitrogens with two attached hydrogens (primary N) is 3. The number of nitrogens with one attached hydrogen (secondary N) is 3. The van der Waals surface area contributed by atoms with Crippen molar-refractivity contribution in [1.82, 2.24) is 35.6 Å². The van der Waals surface area contributed by atoms with Crippen molar-refractivity contribution in [3.8, 4) is 0 Å². The van der Waals surface area contributed by atoms with Gasteiger partial charge in [0, 0.05) is 58.9 Å². The molecule has 0 aliphatic carbocycles. The number of amides is 4. The highest BCUT2D eigenvalue weighted by molar-refractivity contribution is 5.91. The zero-order chi connectivity index (χ0) is 36.1. The number of aliphatic imine (C=N–C) groups is 1. The molecule has 0 aromatic carbocycles. The van der Waals surface area contributed by atoms with Crippen molar-refractivity contribution >= 4 is 47.8 Å². The van der Waals surface area contributed by atoms with Crippen LogP contribution in [-0.2, 0) is 33.6 Å². The second-order valence-corrected chi connectivity index (χ2v) is 11.4. The topological polar surface area (TPSA) is 299 Å². The third-order valence-electron chi connectivity index (χ3n) is 7.36. The molecule has 1 fully saturated rings. The molecule has 1 saturated heterocycles. The van der Waals surface area contributed by atoms with Crippen molar-refractivity contribution < 1.29 is 43.8 Å². The monoisotopic (exact) mass is 685 g/mol. The molecular weight excluding hydrogens is 634 g/mol. The lowest BCUT2D eigenvalue weighted by atomic mass is 10.1. The Morgan fingerprint density at radius 2 is 1.23 bits per heavy atom. The number of hydrogen-bond acceptors (Lipinski definition) is 12. The van der Waals surface area contributed by atoms with Gasteiger partial charge in [-0.1, -0.05) is 6.92 Å². The Kier molecular flexibility index (Phi) is 20.0. The van der Waals surface area contributed by atoms with Crippen molar-refractivity contribution in [1.29, 1.82) is 0 Å². The molecule has 0 spiro atoms. The molecule has 1 aliphatic heterocycles. The molecule has 1 heterocycles. The molecule has 4 amide bonds. The Bertz CT molecular complexity index is 1090. The van der Waals surface area contributed by atoms with E-state index in [0.29, 0.717) is 32.2 Å². The molecule has 0 aromatic rings. The summed E-state index contributed by atoms with van der Waals surface area (Å²) in [5, 5.41) is 26.5. The highest BCUT2D eigenvalue weighted by atomic mass is 16.4. The van der Waals surface area contributed by atoms with Crippen LogP contribution >= 0.6 is 0 Å². The van der Waals surface area contributed by atoms with Crippen molar-refractivity contribution in [3.63, 3.8) is 0 Å². The zero-order valence-electron chi connectivity index (χ0n) is 27.5. The van der Waals surface area contributed by atoms with E-state index in [1.807, 2.05) is 0 Å². The first kappa shape index (κ1) is 41.6. The van der Waals surface area contributed by atoms with E-state index in [1.54, 1.807) is 26.5 Å². The highest BCUT2D eigenvalue weighted by Crippen LogP contribution is 2.03. The average Bonchev–Trinajstić information content (AvgIpc) is 3.00. The first-order valence-electron chi connectivity index (χ1n) is 15.7. The predicted octanol–water partition coefficient (Wildman–Crippen LogP) is -5.39. The van der Waals surface area contributed by atoms with Crippen molar-refractivity contribution in [3.05, 3.63) is 0 Å². The van der Waals surface area contributed by atoms with E-state index in [9.17, 15) is 43.8 Å². The molecule has 0 unspecified atom stereocenters. The van der Waals surface area contributed by atoms with E-state index >= 15 is 0 Å². The van der Waals surface area contributed by atoms with E-state index in [4.69, 9.17) is 17.2 Å². The minimum absolute atomic E-state index is 0.0719. The van der Waals surface area contributed by atoms with Gasteiger partial charge in [-0.3, -0.25) is 53.4 Å². The lowest BCUT2D eigenvalue weighted by Crippen LogP contribution is -2.53. The maximum atomic E-state index is 13.3. The number of carbonyl (C=O) groups excluding carboxylic acids is 5. The summed E-state index contributed by atoms with van der Waals surface area (Å²) in [6.07, 6.45) is 1.41. The second kappa shape index (κ2) is 23.0. The Labute approximate surface area is 279 Å². The molecule has 0 bridgehead atoms. The number of carboxylic acids is 2. The molecule has 20 nitrogen and oxygen atoms in total. The fraction of sp³-hybridized carbons (Fsp3) is 0.714. The number of aliphatic carboxylic acids is 2. The summed E-state index contributed by atoms with van der Waals surface area (Å²) >= 11 is 0. The number of guanidine groups is 1. The normalized spacial score (nSPS) is 17.0. The van der Waals surface area contributed by atoms with Gasteiger partial charge in [-0.05, 0) is 19.3 Å². The largest absolute Gasteiger partial charge is 0.480 e. The minimum atomic E-state index is -1.07. The van der Waals surface area contributed by atoms with Crippen LogP contribution in [0.15, 0.2) is 4.99 Å². The first-order valence-corrected chi connectivity index (χ1v) is 15.7. The third-order valence-corrected chi connectivity index (χ3v) is 7.36. The minimum Gasteiger partial charge on any atom is -0.480 e. The van der Waals surface area contributed by atoms with E-state index in [2.05, 4.69) is 20.9 Å². The summed E-state index contributed by atoms with van der Waals surface area (Å²) in [6.45, 7) is 2.72. The number of carbonyl (C=O) groups is 7. The van der Waals surface area contributed by atoms with E-state index in [1.165, 1.54) is 0 Å². The quantitative estimate of drug-likeness (QED) is 0.0272. The van der Waals surface area contributed by atoms with Crippen LogP contribution in [0.4, 0.5) is 0 Å². The lowest BCUT2D eigenvalue weighted by molar-refractivity contribution is -0.139. The second-order valence-electron chi connectivity index (χ2n) is 11.4. The average molecular weight is 686 g/mol. The van der Waals surface area contributed by atoms with Gasteiger partial charge >= 0.3 is 11.9 Å². The van der Waals surface area contributed by atoms with E-state index in [-0.39, 0.29) is 84.4 Å². The smallest absolute Gasteiger partial charge is 0.317 e. The molecule has 2 atom stereocenters. The SMILES string of the molecule is CC[C@@H](C=O)NC(=O)CNC(=O)[C@H](CCCN=C(N)N)NC(=O)CN1CCN(CC(=O)O)CCN(CC(N)=O)CCN(CC(=O)O)CC1. The van der Waals surface area contributed by atoms with Gasteiger partial charge in [-0.2, -0.15) is 0 Å². The molecule has 0 radical (unpaired) electrons. The Hall–Kier alpha value is -4.40. The Morgan fingerprint density at radius 1 is 0.750 bits per heavy atom. The maximum absolute atomic E-state index is 13.3. The van der Waals surface area contributed by atoms with Gasteiger partial charge in [-0.15, -0.1) is 0 Å². The van der Waals surface area contributed by atoms with Gasteiger partial charge in [0.1, 0.15) is 12.3 Å². The molecule has 272 valence electrons. The van der Waals surface area contributed by atoms with E-state index < -0.39 is 54.2 Å². The first-order chi connectivity index (χ1) is 22.7. The Morgan fingerprint density at radius 3 is 1.65 bits per heavy atom. The fourth-order valence-corrected chi connectivity index (χ4v) is 4.81. The summed E-state index contributed by atoms with van der Waals surface area (Å²) in [5.74, 6) is -4.58. The van der Waals surface area contributed by atoms with Crippen LogP contribution in [0.5, 0.6) is 0 Å². The number of primary amides is 1. The van der Waals surface area contributed by atoms with Crippen molar-refractivity contribution in [2.75, 3.05) is 91.6 Å². The Balaban J connectivity index is 3.07. The highest BCUT2D eigenvalue weighted by Gasteiger charge is 2.24. The lowest BCUT2D eigenvalue weighted by Gasteiger charge is -2.33. The van der Waals surface area contributed by atoms with Crippen LogP contribution in [0.25, 0.3) is 0 Å². The maximum Gasteiger partial charge on any atom is 0.317 e. The van der Waals surface area contributed by atoms with Crippen LogP contribution < -0.4 is 33.2 Å². The van der Waals surface area contributed by atoms with Crippen molar-refractivity contribution in [2.45, 2.75) is 38.3 Å². The van der Waals surface area contributed by atoms with Gasteiger partial charge in [0.25, 0.3) is 0 Å². The van der Waals surface area contributed by atoms with E-state index in [0.717, 1.165) is 0 Å². The van der Waals surface area contributed by atoms with Gasteiger partial charge in [-0.25, -0.2) is 0 Å². The zero-order valence-corrected chi connectivity index (χ0v) is 27.5. The van der Waals surface area contributed by atoms with Crippen molar-refractivity contribution in [2.24, 2.45) is 22.2 Å². The molecule has 0 aromatic heterocycles. The van der Waals surface area contributed by atoms with Crippen LogP contribution in [-0.4, -0.2) is 181 Å². The number of carboxylic acid groups (broad SMARTS) is 2. The van der Waals surface area contributed by atoms with Crippen LogP contribution in [0.1, 0.15) is 26.2 Å². The molecular formula is C28H51N11O9. The van der Waals surface area contributed by atoms with Crippen LogP contribution in [0.3, 0.4) is 0 Å². The third kappa shape index (κ3) is 19.3. The molecule has 11 N–H and O–H groups in total. The van der Waals surface area contributed by atoms with Gasteiger partial charge in [0.05, 0.1) is 38.8 Å². The summed E-state index contributed by atoms with van der Waals surface area (Å²) in [7, 11) is 0. The summed E-state index contributed by atoms with van der Waals surface area (Å²) in [5.41, 5.74) is 16.1. The molecule has 1 rings (SSSR count). The van der Waals surface area contributed by atoms with Gasteiger partial charge in [0.15, 0.2) is 5.96 Å². The molecule has 1 aliphatic rings. The van der Waals surface area contributed by atoms with Crippen LogP contribution in [0, 0.1) is 0 Å². The van der Waals surface area contributed by atoms with Gasteiger partial charge in [0.2, 0.25) is 23.6 Å².